The number of hydrogen-bond donors (Lipinski definition) is 1. The largest absolute Gasteiger partial charge is 0.444 e. The lowest BCUT2D eigenvalue weighted by Crippen LogP contribution is -2.14. The molecule has 0 spiro atoms. The SMILES string of the molecule is O=C(Nc1ccc(Cl)cc1)OC/C(I)=C/I. The summed E-state index contributed by atoms with van der Waals surface area (Å²) in [5.41, 5.74) is 0.655. The van der Waals surface area contributed by atoms with Gasteiger partial charge in [-0.1, -0.05) is 34.2 Å². The van der Waals surface area contributed by atoms with Crippen molar-refractivity contribution >= 4 is 68.6 Å². The Morgan fingerprint density at radius 3 is 2.62 bits per heavy atom. The number of benzene rings is 1. The second-order valence-corrected chi connectivity index (χ2v) is 5.21. The fraction of sp³-hybridized carbons (Fsp3) is 0.100. The molecule has 0 aliphatic rings. The van der Waals surface area contributed by atoms with Crippen LogP contribution in [0.5, 0.6) is 0 Å². The van der Waals surface area contributed by atoms with E-state index in [1.54, 1.807) is 24.3 Å². The summed E-state index contributed by atoms with van der Waals surface area (Å²) in [7, 11) is 0. The summed E-state index contributed by atoms with van der Waals surface area (Å²) in [6, 6.07) is 6.82. The van der Waals surface area contributed by atoms with Gasteiger partial charge in [-0.05, 0) is 50.9 Å². The minimum atomic E-state index is -0.477. The quantitative estimate of drug-likeness (QED) is 0.666. The van der Waals surface area contributed by atoms with Crippen LogP contribution in [0.25, 0.3) is 0 Å². The third-order valence-corrected chi connectivity index (χ3v) is 4.37. The van der Waals surface area contributed by atoms with Gasteiger partial charge in [0.1, 0.15) is 6.61 Å². The molecule has 86 valence electrons. The van der Waals surface area contributed by atoms with Crippen molar-refractivity contribution in [2.24, 2.45) is 0 Å². The zero-order chi connectivity index (χ0) is 12.0. The fourth-order valence-corrected chi connectivity index (χ4v) is 1.31. The van der Waals surface area contributed by atoms with E-state index in [4.69, 9.17) is 16.3 Å². The van der Waals surface area contributed by atoms with Crippen molar-refractivity contribution in [2.45, 2.75) is 0 Å². The number of rotatable bonds is 3. The highest BCUT2D eigenvalue weighted by atomic mass is 127. The van der Waals surface area contributed by atoms with Crippen molar-refractivity contribution in [3.63, 3.8) is 0 Å². The van der Waals surface area contributed by atoms with Gasteiger partial charge in [0, 0.05) is 14.3 Å². The first kappa shape index (κ1) is 14.0. The molecule has 0 aliphatic heterocycles. The van der Waals surface area contributed by atoms with Gasteiger partial charge in [0.25, 0.3) is 0 Å². The number of amides is 1. The van der Waals surface area contributed by atoms with Gasteiger partial charge < -0.3 is 4.74 Å². The van der Waals surface area contributed by atoms with Crippen LogP contribution in [0.15, 0.2) is 31.9 Å². The number of nitrogens with one attached hydrogen (secondary N) is 1. The summed E-state index contributed by atoms with van der Waals surface area (Å²) >= 11 is 9.91. The Hall–Kier alpha value is -0.0200. The molecule has 0 saturated carbocycles. The molecule has 16 heavy (non-hydrogen) atoms. The zero-order valence-corrected chi connectivity index (χ0v) is 13.1. The molecule has 0 fully saturated rings. The molecule has 0 heterocycles. The molecule has 1 aromatic rings. The Kier molecular flexibility index (Phi) is 6.44. The van der Waals surface area contributed by atoms with Gasteiger partial charge >= 0.3 is 6.09 Å². The average molecular weight is 463 g/mol. The maximum absolute atomic E-state index is 11.3. The number of halogens is 3. The molecule has 1 amide bonds. The van der Waals surface area contributed by atoms with E-state index < -0.39 is 6.09 Å². The summed E-state index contributed by atoms with van der Waals surface area (Å²) in [5.74, 6) is 0. The van der Waals surface area contributed by atoms with E-state index in [0.29, 0.717) is 10.7 Å². The van der Waals surface area contributed by atoms with Gasteiger partial charge in [-0.3, -0.25) is 5.32 Å². The van der Waals surface area contributed by atoms with Crippen molar-refractivity contribution < 1.29 is 9.53 Å². The molecule has 0 bridgehead atoms. The average Bonchev–Trinajstić information content (AvgIpc) is 2.29. The predicted molar refractivity (Wildman–Crippen MR) is 82.5 cm³/mol. The second-order valence-electron chi connectivity index (χ2n) is 2.76. The van der Waals surface area contributed by atoms with Crippen molar-refractivity contribution in [3.05, 3.63) is 37.0 Å². The summed E-state index contributed by atoms with van der Waals surface area (Å²) < 4.78 is 7.78. The van der Waals surface area contributed by atoms with E-state index in [9.17, 15) is 4.79 Å². The van der Waals surface area contributed by atoms with Crippen LogP contribution in [0.2, 0.25) is 5.02 Å². The highest BCUT2D eigenvalue weighted by Crippen LogP contribution is 2.14. The molecule has 6 heteroatoms. The van der Waals surface area contributed by atoms with E-state index in [-0.39, 0.29) is 6.61 Å². The number of anilines is 1. The van der Waals surface area contributed by atoms with Crippen LogP contribution in [0, 0.1) is 0 Å². The van der Waals surface area contributed by atoms with Crippen molar-refractivity contribution in [1.29, 1.82) is 0 Å². The molecule has 0 atom stereocenters. The Balaban J connectivity index is 2.43. The molecular formula is C10H8ClI2NO2. The lowest BCUT2D eigenvalue weighted by Gasteiger charge is -2.06. The van der Waals surface area contributed by atoms with Crippen LogP contribution in [0.1, 0.15) is 0 Å². The van der Waals surface area contributed by atoms with Gasteiger partial charge in [-0.15, -0.1) is 0 Å². The molecule has 0 radical (unpaired) electrons. The van der Waals surface area contributed by atoms with Crippen LogP contribution >= 0.6 is 56.8 Å². The van der Waals surface area contributed by atoms with E-state index in [1.807, 2.05) is 4.08 Å². The molecule has 0 aliphatic carbocycles. The minimum absolute atomic E-state index is 0.281. The third-order valence-electron chi connectivity index (χ3n) is 1.55. The Labute approximate surface area is 126 Å². The standard InChI is InChI=1S/C10H8ClI2NO2/c11-7-1-3-9(4-2-7)14-10(15)16-6-8(13)5-12/h1-5H,6H2,(H,14,15)/b8-5-. The van der Waals surface area contributed by atoms with E-state index in [1.165, 1.54) is 0 Å². The van der Waals surface area contributed by atoms with Gasteiger partial charge in [0.15, 0.2) is 0 Å². The Bertz CT molecular complexity index is 392. The smallest absolute Gasteiger partial charge is 0.411 e. The normalized spacial score (nSPS) is 11.1. The topological polar surface area (TPSA) is 38.3 Å². The van der Waals surface area contributed by atoms with E-state index >= 15 is 0 Å². The second kappa shape index (κ2) is 7.33. The summed E-state index contributed by atoms with van der Waals surface area (Å²) in [6.45, 7) is 0.281. The molecular weight excluding hydrogens is 455 g/mol. The van der Waals surface area contributed by atoms with Crippen LogP contribution in [0.3, 0.4) is 0 Å². The van der Waals surface area contributed by atoms with Crippen molar-refractivity contribution in [1.82, 2.24) is 0 Å². The zero-order valence-electron chi connectivity index (χ0n) is 8.04. The van der Waals surface area contributed by atoms with Crippen LogP contribution < -0.4 is 5.32 Å². The van der Waals surface area contributed by atoms with Gasteiger partial charge in [0.2, 0.25) is 0 Å². The van der Waals surface area contributed by atoms with E-state index in [0.717, 1.165) is 3.58 Å². The number of hydrogen-bond acceptors (Lipinski definition) is 2. The molecule has 0 aromatic heterocycles. The summed E-state index contributed by atoms with van der Waals surface area (Å²) in [4.78, 5) is 11.3. The lowest BCUT2D eigenvalue weighted by molar-refractivity contribution is 0.174. The Morgan fingerprint density at radius 2 is 2.06 bits per heavy atom. The number of carbonyl (C=O) groups excluding carboxylic acids is 1. The maximum atomic E-state index is 11.3. The molecule has 0 unspecified atom stereocenters. The van der Waals surface area contributed by atoms with Crippen molar-refractivity contribution in [2.75, 3.05) is 11.9 Å². The third kappa shape index (κ3) is 5.35. The fourth-order valence-electron chi connectivity index (χ4n) is 0.853. The highest BCUT2D eigenvalue weighted by Gasteiger charge is 2.03. The first-order valence-corrected chi connectivity index (χ1v) is 6.96. The Morgan fingerprint density at radius 1 is 1.44 bits per heavy atom. The molecule has 1 aromatic carbocycles. The van der Waals surface area contributed by atoms with Crippen LogP contribution in [0.4, 0.5) is 10.5 Å². The summed E-state index contributed by atoms with van der Waals surface area (Å²) in [5, 5.41) is 3.22. The number of ether oxygens (including phenoxy) is 1. The molecule has 0 saturated heterocycles. The van der Waals surface area contributed by atoms with Gasteiger partial charge in [-0.2, -0.15) is 0 Å². The highest BCUT2D eigenvalue weighted by molar-refractivity contribution is 14.1. The number of carbonyl (C=O) groups is 1. The minimum Gasteiger partial charge on any atom is -0.444 e. The lowest BCUT2D eigenvalue weighted by atomic mass is 10.3. The molecule has 1 rings (SSSR count). The maximum Gasteiger partial charge on any atom is 0.411 e. The predicted octanol–water partition coefficient (Wildman–Crippen LogP) is 4.60. The van der Waals surface area contributed by atoms with Gasteiger partial charge in [-0.25, -0.2) is 4.79 Å². The van der Waals surface area contributed by atoms with E-state index in [2.05, 4.69) is 50.5 Å². The van der Waals surface area contributed by atoms with Gasteiger partial charge in [0.05, 0.1) is 0 Å². The molecule has 1 N–H and O–H groups in total. The summed E-state index contributed by atoms with van der Waals surface area (Å²) in [6.07, 6.45) is -0.477. The first-order valence-electron chi connectivity index (χ1n) is 4.26. The van der Waals surface area contributed by atoms with Crippen LogP contribution in [-0.2, 0) is 4.74 Å². The first-order chi connectivity index (χ1) is 7.61. The van der Waals surface area contributed by atoms with Crippen molar-refractivity contribution in [3.8, 4) is 0 Å². The monoisotopic (exact) mass is 463 g/mol. The molecule has 3 nitrogen and oxygen atoms in total. The van der Waals surface area contributed by atoms with Crippen LogP contribution in [-0.4, -0.2) is 12.7 Å².